The zero-order chi connectivity index (χ0) is 18.1. The van der Waals surface area contributed by atoms with Gasteiger partial charge in [0.2, 0.25) is 0 Å². The zero-order valence-corrected chi connectivity index (χ0v) is 15.2. The van der Waals surface area contributed by atoms with Gasteiger partial charge in [0.05, 0.1) is 24.8 Å². The van der Waals surface area contributed by atoms with Gasteiger partial charge in [0.1, 0.15) is 11.5 Å². The van der Waals surface area contributed by atoms with Gasteiger partial charge < -0.3 is 14.8 Å². The van der Waals surface area contributed by atoms with Crippen molar-refractivity contribution < 1.29 is 9.84 Å². The van der Waals surface area contributed by atoms with Crippen LogP contribution in [0.25, 0.3) is 0 Å². The van der Waals surface area contributed by atoms with Gasteiger partial charge in [-0.2, -0.15) is 0 Å². The average Bonchev–Trinajstić information content (AvgIpc) is 3.09. The number of imidazole rings is 1. The Balaban J connectivity index is 1.62. The van der Waals surface area contributed by atoms with Crippen molar-refractivity contribution in [2.75, 3.05) is 13.7 Å². The summed E-state index contributed by atoms with van der Waals surface area (Å²) < 4.78 is 5.33. The van der Waals surface area contributed by atoms with Crippen LogP contribution in [0.15, 0.2) is 48.8 Å². The van der Waals surface area contributed by atoms with E-state index < -0.39 is 0 Å². The molecule has 1 aromatic heterocycles. The maximum absolute atomic E-state index is 9.86. The molecule has 0 amide bonds. The van der Waals surface area contributed by atoms with E-state index in [0.717, 1.165) is 47.9 Å². The summed E-state index contributed by atoms with van der Waals surface area (Å²) in [6, 6.07) is 13.2. The van der Waals surface area contributed by atoms with Crippen LogP contribution >= 0.6 is 11.6 Å². The number of phenols is 1. The summed E-state index contributed by atoms with van der Waals surface area (Å²) in [6.45, 7) is 2.36. The predicted molar refractivity (Wildman–Crippen MR) is 101 cm³/mol. The third-order valence-corrected chi connectivity index (χ3v) is 4.97. The van der Waals surface area contributed by atoms with E-state index in [0.29, 0.717) is 5.02 Å². The minimum atomic E-state index is 0.109. The molecule has 2 aromatic carbocycles. The molecule has 1 atom stereocenters. The fraction of sp³-hybridized carbons (Fsp3) is 0.250. The van der Waals surface area contributed by atoms with E-state index in [1.165, 1.54) is 0 Å². The molecule has 2 heterocycles. The number of H-pyrrole nitrogens is 1. The molecule has 5 nitrogen and oxygen atoms in total. The van der Waals surface area contributed by atoms with Crippen LogP contribution in [0.2, 0.25) is 5.02 Å². The average molecular weight is 370 g/mol. The first-order valence-corrected chi connectivity index (χ1v) is 8.87. The summed E-state index contributed by atoms with van der Waals surface area (Å²) in [5.74, 6) is 1.14. The maximum atomic E-state index is 9.86. The smallest absolute Gasteiger partial charge is 0.120 e. The number of halogens is 1. The number of phenolic OH excluding ortho intramolecular Hbond substituents is 1. The molecular formula is C20H20ClN3O2. The Morgan fingerprint density at radius 3 is 3.00 bits per heavy atom. The van der Waals surface area contributed by atoms with Gasteiger partial charge in [0.15, 0.2) is 0 Å². The van der Waals surface area contributed by atoms with Crippen molar-refractivity contribution in [3.05, 3.63) is 76.3 Å². The zero-order valence-electron chi connectivity index (χ0n) is 14.4. The number of hydrogen-bond acceptors (Lipinski definition) is 4. The van der Waals surface area contributed by atoms with Crippen molar-refractivity contribution in [1.29, 1.82) is 0 Å². The highest BCUT2D eigenvalue weighted by Gasteiger charge is 2.29. The summed E-state index contributed by atoms with van der Waals surface area (Å²) in [4.78, 5) is 10.1. The Hall–Kier alpha value is -2.50. The molecule has 0 radical (unpaired) electrons. The molecule has 0 saturated heterocycles. The molecule has 1 unspecified atom stereocenters. The van der Waals surface area contributed by atoms with Crippen LogP contribution in [0.5, 0.6) is 11.5 Å². The molecule has 4 rings (SSSR count). The first kappa shape index (κ1) is 16.9. The van der Waals surface area contributed by atoms with E-state index in [-0.39, 0.29) is 11.7 Å². The quantitative estimate of drug-likeness (QED) is 0.731. The largest absolute Gasteiger partial charge is 0.508 e. The molecule has 0 spiro atoms. The number of aromatic hydroxyl groups is 1. The topological polar surface area (TPSA) is 61.4 Å². The van der Waals surface area contributed by atoms with E-state index in [2.05, 4.69) is 14.9 Å². The van der Waals surface area contributed by atoms with Gasteiger partial charge in [-0.3, -0.25) is 4.90 Å². The lowest BCUT2D eigenvalue weighted by Gasteiger charge is -2.32. The van der Waals surface area contributed by atoms with Crippen molar-refractivity contribution in [1.82, 2.24) is 14.9 Å². The SMILES string of the molecule is COc1cc(Cl)cc(CN2Cc3[nH]cnc3C(c3cccc(O)c3)C2)c1. The minimum absolute atomic E-state index is 0.109. The first-order valence-electron chi connectivity index (χ1n) is 8.49. The molecule has 0 bridgehead atoms. The number of ether oxygens (including phenoxy) is 1. The Morgan fingerprint density at radius 2 is 2.19 bits per heavy atom. The van der Waals surface area contributed by atoms with Crippen LogP contribution in [0.4, 0.5) is 0 Å². The van der Waals surface area contributed by atoms with Crippen LogP contribution in [-0.2, 0) is 13.1 Å². The maximum Gasteiger partial charge on any atom is 0.120 e. The number of benzene rings is 2. The fourth-order valence-electron chi connectivity index (χ4n) is 3.60. The Bertz CT molecular complexity index is 925. The number of aromatic amines is 1. The molecule has 0 fully saturated rings. The monoisotopic (exact) mass is 369 g/mol. The number of fused-ring (bicyclic) bond motifs is 1. The molecule has 3 aromatic rings. The van der Waals surface area contributed by atoms with Crippen molar-refractivity contribution in [3.63, 3.8) is 0 Å². The lowest BCUT2D eigenvalue weighted by molar-refractivity contribution is 0.227. The number of rotatable bonds is 4. The van der Waals surface area contributed by atoms with Gasteiger partial charge in [0.25, 0.3) is 0 Å². The van der Waals surface area contributed by atoms with Crippen LogP contribution in [0.1, 0.15) is 28.4 Å². The number of nitrogens with one attached hydrogen (secondary N) is 1. The van der Waals surface area contributed by atoms with Crippen LogP contribution in [0.3, 0.4) is 0 Å². The molecule has 6 heteroatoms. The minimum Gasteiger partial charge on any atom is -0.508 e. The second-order valence-corrected chi connectivity index (χ2v) is 7.02. The van der Waals surface area contributed by atoms with Gasteiger partial charge >= 0.3 is 0 Å². The molecule has 1 aliphatic heterocycles. The molecule has 0 saturated carbocycles. The summed E-state index contributed by atoms with van der Waals surface area (Å²) >= 11 is 6.21. The van der Waals surface area contributed by atoms with E-state index in [9.17, 15) is 5.11 Å². The molecule has 2 N–H and O–H groups in total. The Morgan fingerprint density at radius 1 is 1.31 bits per heavy atom. The van der Waals surface area contributed by atoms with E-state index in [4.69, 9.17) is 16.3 Å². The highest BCUT2D eigenvalue weighted by molar-refractivity contribution is 6.30. The normalized spacial score (nSPS) is 17.1. The molecule has 134 valence electrons. The van der Waals surface area contributed by atoms with Gasteiger partial charge in [-0.05, 0) is 41.5 Å². The third kappa shape index (κ3) is 3.41. The van der Waals surface area contributed by atoms with E-state index in [1.807, 2.05) is 36.4 Å². The third-order valence-electron chi connectivity index (χ3n) is 4.75. The second-order valence-electron chi connectivity index (χ2n) is 6.58. The number of methoxy groups -OCH3 is 1. The van der Waals surface area contributed by atoms with Gasteiger partial charge in [0, 0.05) is 30.6 Å². The second kappa shape index (κ2) is 7.02. The van der Waals surface area contributed by atoms with Crippen molar-refractivity contribution in [2.45, 2.75) is 19.0 Å². The summed E-state index contributed by atoms with van der Waals surface area (Å²) in [6.07, 6.45) is 1.74. The highest BCUT2D eigenvalue weighted by atomic mass is 35.5. The first-order chi connectivity index (χ1) is 12.6. The van der Waals surface area contributed by atoms with Gasteiger partial charge in [-0.1, -0.05) is 23.7 Å². The molecule has 26 heavy (non-hydrogen) atoms. The Kier molecular flexibility index (Phi) is 4.57. The van der Waals surface area contributed by atoms with Crippen LogP contribution in [-0.4, -0.2) is 33.6 Å². The fourth-order valence-corrected chi connectivity index (χ4v) is 3.85. The number of nitrogens with zero attached hydrogens (tertiary/aromatic N) is 2. The highest BCUT2D eigenvalue weighted by Crippen LogP contribution is 2.34. The van der Waals surface area contributed by atoms with Crippen molar-refractivity contribution >= 4 is 11.6 Å². The van der Waals surface area contributed by atoms with Crippen LogP contribution < -0.4 is 4.74 Å². The summed E-state index contributed by atoms with van der Waals surface area (Å²) in [5, 5.41) is 10.5. The summed E-state index contributed by atoms with van der Waals surface area (Å²) in [5.41, 5.74) is 4.33. The molecule has 1 aliphatic rings. The lowest BCUT2D eigenvalue weighted by Crippen LogP contribution is -2.33. The van der Waals surface area contributed by atoms with Crippen molar-refractivity contribution in [2.24, 2.45) is 0 Å². The van der Waals surface area contributed by atoms with E-state index in [1.54, 1.807) is 19.5 Å². The lowest BCUT2D eigenvalue weighted by atomic mass is 9.90. The molecular weight excluding hydrogens is 350 g/mol. The van der Waals surface area contributed by atoms with Crippen LogP contribution in [0, 0.1) is 0 Å². The standard InChI is InChI=1S/C20H20ClN3O2/c1-26-17-6-13(5-15(21)8-17)9-24-10-18(14-3-2-4-16(25)7-14)20-19(11-24)22-12-23-20/h2-8,12,18,25H,9-11H2,1H3,(H,22,23). The van der Waals surface area contributed by atoms with Gasteiger partial charge in [-0.25, -0.2) is 4.98 Å². The van der Waals surface area contributed by atoms with Gasteiger partial charge in [-0.15, -0.1) is 0 Å². The molecule has 0 aliphatic carbocycles. The number of hydrogen-bond donors (Lipinski definition) is 2. The van der Waals surface area contributed by atoms with E-state index >= 15 is 0 Å². The number of aromatic nitrogens is 2. The predicted octanol–water partition coefficient (Wildman–Crippen LogP) is 3.93. The van der Waals surface area contributed by atoms with Crippen molar-refractivity contribution in [3.8, 4) is 11.5 Å². The summed E-state index contributed by atoms with van der Waals surface area (Å²) in [7, 11) is 1.64. The Labute approximate surface area is 157 Å².